The van der Waals surface area contributed by atoms with E-state index in [0.29, 0.717) is 28.9 Å². The second-order valence-corrected chi connectivity index (χ2v) is 8.47. The maximum atomic E-state index is 13.1. The van der Waals surface area contributed by atoms with Crippen molar-refractivity contribution in [3.05, 3.63) is 38.6 Å². The molecule has 1 fully saturated rings. The molecule has 0 unspecified atom stereocenters. The van der Waals surface area contributed by atoms with E-state index in [4.69, 9.17) is 33.7 Å². The summed E-state index contributed by atoms with van der Waals surface area (Å²) in [5.74, 6) is 1.09. The molecule has 10 heteroatoms. The largest absolute Gasteiger partial charge is 0.437 e. The van der Waals surface area contributed by atoms with Crippen molar-refractivity contribution < 1.29 is 4.74 Å². The van der Waals surface area contributed by atoms with E-state index >= 15 is 0 Å². The van der Waals surface area contributed by atoms with Crippen LogP contribution in [0.1, 0.15) is 19.8 Å². The number of aromatic amines is 1. The van der Waals surface area contributed by atoms with Crippen molar-refractivity contribution >= 4 is 40.2 Å². The Hall–Kier alpha value is -2.29. The highest BCUT2D eigenvalue weighted by Crippen LogP contribution is 2.36. The van der Waals surface area contributed by atoms with Crippen LogP contribution >= 0.6 is 23.2 Å². The molecule has 1 aromatic carbocycles. The number of fused-ring (bicyclic) bond motifs is 1. The quantitative estimate of drug-likeness (QED) is 0.649. The fourth-order valence-electron chi connectivity index (χ4n) is 3.50. The number of H-pyrrole nitrogens is 1. The first kappa shape index (κ1) is 20.0. The predicted molar refractivity (Wildman–Crippen MR) is 114 cm³/mol. The number of ether oxygens (including phenoxy) is 1. The minimum Gasteiger partial charge on any atom is -0.437 e. The maximum absolute atomic E-state index is 13.1. The van der Waals surface area contributed by atoms with Crippen LogP contribution in [0.2, 0.25) is 10.0 Å². The number of aromatic nitrogens is 4. The minimum absolute atomic E-state index is 0.128. The first-order valence-electron chi connectivity index (χ1n) is 9.35. The van der Waals surface area contributed by atoms with Crippen molar-refractivity contribution in [2.45, 2.75) is 19.8 Å². The average molecular weight is 437 g/mol. The highest BCUT2D eigenvalue weighted by Gasteiger charge is 2.31. The van der Waals surface area contributed by atoms with Gasteiger partial charge in [-0.3, -0.25) is 9.36 Å². The van der Waals surface area contributed by atoms with E-state index in [9.17, 15) is 4.79 Å². The van der Waals surface area contributed by atoms with Crippen LogP contribution in [-0.2, 0) is 7.05 Å². The van der Waals surface area contributed by atoms with E-state index in [-0.39, 0.29) is 27.3 Å². The lowest BCUT2D eigenvalue weighted by molar-refractivity contribution is 0.256. The zero-order chi connectivity index (χ0) is 20.8. The molecule has 3 heterocycles. The van der Waals surface area contributed by atoms with Crippen molar-refractivity contribution in [1.29, 1.82) is 0 Å². The Bertz CT molecular complexity index is 1120. The molecule has 3 aromatic rings. The summed E-state index contributed by atoms with van der Waals surface area (Å²) in [6.45, 7) is 4.41. The number of nitrogens with two attached hydrogens (primary N) is 1. The summed E-state index contributed by atoms with van der Waals surface area (Å²) >= 11 is 12.2. The Morgan fingerprint density at radius 2 is 2.03 bits per heavy atom. The van der Waals surface area contributed by atoms with Gasteiger partial charge in [-0.15, -0.1) is 0 Å². The van der Waals surface area contributed by atoms with Gasteiger partial charge in [0.15, 0.2) is 5.65 Å². The molecule has 0 amide bonds. The second-order valence-electron chi connectivity index (χ2n) is 7.68. The highest BCUT2D eigenvalue weighted by atomic mass is 35.5. The topological polar surface area (TPSA) is 102 Å². The number of rotatable bonds is 4. The molecule has 2 aromatic heterocycles. The molecule has 154 valence electrons. The van der Waals surface area contributed by atoms with Gasteiger partial charge in [-0.05, 0) is 36.9 Å². The van der Waals surface area contributed by atoms with Gasteiger partial charge < -0.3 is 15.4 Å². The van der Waals surface area contributed by atoms with Crippen molar-refractivity contribution in [3.8, 4) is 11.6 Å². The normalized spacial score (nSPS) is 16.4. The van der Waals surface area contributed by atoms with Crippen LogP contribution in [0, 0.1) is 5.41 Å². The summed E-state index contributed by atoms with van der Waals surface area (Å²) in [5, 5.41) is 7.79. The molecule has 0 radical (unpaired) electrons. The molecule has 0 bridgehead atoms. The lowest BCUT2D eigenvalue weighted by Crippen LogP contribution is -2.44. The van der Waals surface area contributed by atoms with Gasteiger partial charge in [0, 0.05) is 20.1 Å². The standard InChI is InChI=1S/C19H22Cl2N6O2/c1-19(10-22)6-8-27(9-7-19)18-23-15-13(17(28)26(18)2)16(25-24-15)29-12-5-3-4-11(20)14(12)21/h3-5H,6-10,22H2,1-2H3,(H,24,25). The fraction of sp³-hybridized carbons (Fsp3) is 0.421. The number of benzene rings is 1. The number of nitrogens with zero attached hydrogens (tertiary/aromatic N) is 4. The van der Waals surface area contributed by atoms with Crippen LogP contribution in [-0.4, -0.2) is 39.4 Å². The van der Waals surface area contributed by atoms with Gasteiger partial charge in [0.05, 0.1) is 5.02 Å². The molecular weight excluding hydrogens is 415 g/mol. The lowest BCUT2D eigenvalue weighted by Gasteiger charge is -2.39. The third kappa shape index (κ3) is 3.56. The van der Waals surface area contributed by atoms with E-state index in [1.165, 1.54) is 4.57 Å². The van der Waals surface area contributed by atoms with Gasteiger partial charge in [-0.2, -0.15) is 10.1 Å². The minimum atomic E-state index is -0.251. The molecule has 29 heavy (non-hydrogen) atoms. The monoisotopic (exact) mass is 436 g/mol. The number of piperidine rings is 1. The summed E-state index contributed by atoms with van der Waals surface area (Å²) < 4.78 is 7.31. The molecule has 0 spiro atoms. The van der Waals surface area contributed by atoms with Crippen LogP contribution in [0.3, 0.4) is 0 Å². The Labute approximate surface area is 177 Å². The number of halogens is 2. The summed E-state index contributed by atoms with van der Waals surface area (Å²) in [4.78, 5) is 19.8. The highest BCUT2D eigenvalue weighted by molar-refractivity contribution is 6.42. The van der Waals surface area contributed by atoms with Crippen LogP contribution in [0.15, 0.2) is 23.0 Å². The van der Waals surface area contributed by atoms with Gasteiger partial charge in [0.25, 0.3) is 5.56 Å². The number of anilines is 1. The Morgan fingerprint density at radius 1 is 1.31 bits per heavy atom. The number of nitrogens with one attached hydrogen (secondary N) is 1. The number of hydrogen-bond donors (Lipinski definition) is 2. The Morgan fingerprint density at radius 3 is 2.72 bits per heavy atom. The lowest BCUT2D eigenvalue weighted by atomic mass is 9.81. The van der Waals surface area contributed by atoms with Crippen LogP contribution in [0.4, 0.5) is 5.95 Å². The van der Waals surface area contributed by atoms with E-state index in [1.54, 1.807) is 25.2 Å². The van der Waals surface area contributed by atoms with Gasteiger partial charge in [0.1, 0.15) is 16.2 Å². The smallest absolute Gasteiger partial charge is 0.269 e. The Kier molecular flexibility index (Phi) is 5.18. The fourth-order valence-corrected chi connectivity index (χ4v) is 3.83. The van der Waals surface area contributed by atoms with E-state index in [1.807, 2.05) is 0 Å². The van der Waals surface area contributed by atoms with E-state index in [2.05, 4.69) is 27.0 Å². The first-order chi connectivity index (χ1) is 13.8. The molecule has 1 aliphatic heterocycles. The molecule has 3 N–H and O–H groups in total. The van der Waals surface area contributed by atoms with Gasteiger partial charge in [0.2, 0.25) is 11.8 Å². The van der Waals surface area contributed by atoms with Crippen molar-refractivity contribution in [2.75, 3.05) is 24.5 Å². The summed E-state index contributed by atoms with van der Waals surface area (Å²) in [7, 11) is 1.70. The summed E-state index contributed by atoms with van der Waals surface area (Å²) in [6.07, 6.45) is 1.89. The van der Waals surface area contributed by atoms with E-state index < -0.39 is 0 Å². The molecule has 4 rings (SSSR count). The first-order valence-corrected chi connectivity index (χ1v) is 10.1. The van der Waals surface area contributed by atoms with Crippen LogP contribution in [0.25, 0.3) is 11.0 Å². The number of hydrogen-bond acceptors (Lipinski definition) is 6. The SMILES string of the molecule is Cn1c(N2CCC(C)(CN)CC2)nc2n[nH]c(Oc3cccc(Cl)c3Cl)c2c1=O. The zero-order valence-electron chi connectivity index (χ0n) is 16.2. The van der Waals surface area contributed by atoms with Crippen molar-refractivity contribution in [1.82, 2.24) is 19.7 Å². The summed E-state index contributed by atoms with van der Waals surface area (Å²) in [5.41, 5.74) is 6.07. The third-order valence-electron chi connectivity index (χ3n) is 5.61. The third-order valence-corrected chi connectivity index (χ3v) is 6.41. The van der Waals surface area contributed by atoms with Crippen LogP contribution < -0.4 is 20.9 Å². The summed E-state index contributed by atoms with van der Waals surface area (Å²) in [6, 6.07) is 5.03. The van der Waals surface area contributed by atoms with Crippen molar-refractivity contribution in [2.24, 2.45) is 18.2 Å². The molecule has 1 aliphatic rings. The molecule has 0 atom stereocenters. The average Bonchev–Trinajstić information content (AvgIpc) is 3.12. The molecule has 1 saturated heterocycles. The van der Waals surface area contributed by atoms with E-state index in [0.717, 1.165) is 25.9 Å². The Balaban J connectivity index is 1.69. The predicted octanol–water partition coefficient (Wildman–Crippen LogP) is 3.32. The molecule has 0 saturated carbocycles. The molecule has 8 nitrogen and oxygen atoms in total. The molecule has 0 aliphatic carbocycles. The zero-order valence-corrected chi connectivity index (χ0v) is 17.7. The van der Waals surface area contributed by atoms with Gasteiger partial charge in [-0.1, -0.05) is 36.2 Å². The molecular formula is C19H22Cl2N6O2. The van der Waals surface area contributed by atoms with Crippen LogP contribution in [0.5, 0.6) is 11.6 Å². The van der Waals surface area contributed by atoms with Gasteiger partial charge in [-0.25, -0.2) is 5.10 Å². The second kappa shape index (κ2) is 7.51. The maximum Gasteiger partial charge on any atom is 0.269 e. The van der Waals surface area contributed by atoms with Gasteiger partial charge >= 0.3 is 0 Å². The van der Waals surface area contributed by atoms with Crippen molar-refractivity contribution in [3.63, 3.8) is 0 Å².